The molecule has 1 saturated heterocycles. The molecule has 2 heterocycles. The molecule has 4 rings (SSSR count). The van der Waals surface area contributed by atoms with Gasteiger partial charge in [-0.3, -0.25) is 14.5 Å². The van der Waals surface area contributed by atoms with Gasteiger partial charge in [-0.15, -0.1) is 11.3 Å². The van der Waals surface area contributed by atoms with Crippen LogP contribution in [0.25, 0.3) is 6.08 Å². The van der Waals surface area contributed by atoms with Gasteiger partial charge in [0.2, 0.25) is 5.91 Å². The van der Waals surface area contributed by atoms with E-state index in [9.17, 15) is 9.59 Å². The molecule has 2 aromatic carbocycles. The van der Waals surface area contributed by atoms with Gasteiger partial charge >= 0.3 is 0 Å². The standard InChI is InChI=1S/C27H27N3O2S3/c1-19-11-13-21(14-12-19)16-22-18-28-26(34-22)29-24(31)10-6-3-7-15-30-25(32)23(35-27(30)33)17-20-8-4-2-5-9-20/h2,4-5,8-9,11-14,17-18H,3,6-7,10,15-16H2,1H3,(H,28,29,31)/b23-17-. The molecule has 180 valence electrons. The molecule has 1 fully saturated rings. The fourth-order valence-electron chi connectivity index (χ4n) is 3.66. The number of nitrogens with zero attached hydrogens (tertiary/aromatic N) is 2. The van der Waals surface area contributed by atoms with Gasteiger partial charge < -0.3 is 5.32 Å². The second-order valence-electron chi connectivity index (χ2n) is 8.40. The third-order valence-corrected chi connectivity index (χ3v) is 7.85. The summed E-state index contributed by atoms with van der Waals surface area (Å²) in [5.41, 5.74) is 3.46. The van der Waals surface area contributed by atoms with Crippen LogP contribution in [0.2, 0.25) is 0 Å². The highest BCUT2D eigenvalue weighted by molar-refractivity contribution is 8.26. The van der Waals surface area contributed by atoms with E-state index < -0.39 is 0 Å². The first-order valence-electron chi connectivity index (χ1n) is 11.6. The number of thiazole rings is 1. The van der Waals surface area contributed by atoms with Gasteiger partial charge in [0.25, 0.3) is 5.91 Å². The summed E-state index contributed by atoms with van der Waals surface area (Å²) in [6, 6.07) is 18.2. The summed E-state index contributed by atoms with van der Waals surface area (Å²) < 4.78 is 0.597. The average molecular weight is 522 g/mol. The number of thioether (sulfide) groups is 1. The number of carbonyl (C=O) groups excluding carboxylic acids is 2. The number of aromatic nitrogens is 1. The molecule has 35 heavy (non-hydrogen) atoms. The van der Waals surface area contributed by atoms with Crippen molar-refractivity contribution in [1.29, 1.82) is 0 Å². The van der Waals surface area contributed by atoms with Crippen LogP contribution in [0, 0.1) is 6.92 Å². The number of carbonyl (C=O) groups is 2. The third kappa shape index (κ3) is 7.34. The van der Waals surface area contributed by atoms with E-state index in [0.717, 1.165) is 36.1 Å². The molecule has 0 bridgehead atoms. The Balaban J connectivity index is 1.16. The minimum absolute atomic E-state index is 0.0300. The summed E-state index contributed by atoms with van der Waals surface area (Å²) >= 11 is 8.27. The summed E-state index contributed by atoms with van der Waals surface area (Å²) in [5, 5.41) is 3.54. The summed E-state index contributed by atoms with van der Waals surface area (Å²) in [4.78, 5) is 32.8. The number of rotatable bonds is 10. The van der Waals surface area contributed by atoms with E-state index in [1.165, 1.54) is 34.2 Å². The maximum absolute atomic E-state index is 12.7. The van der Waals surface area contributed by atoms with Crippen molar-refractivity contribution in [1.82, 2.24) is 9.88 Å². The van der Waals surface area contributed by atoms with Crippen molar-refractivity contribution in [2.45, 2.75) is 39.0 Å². The first-order chi connectivity index (χ1) is 17.0. The molecule has 2 amide bonds. The second-order valence-corrected chi connectivity index (χ2v) is 11.2. The van der Waals surface area contributed by atoms with Gasteiger partial charge in [-0.1, -0.05) is 90.6 Å². The molecule has 0 unspecified atom stereocenters. The fourth-order valence-corrected chi connectivity index (χ4v) is 5.83. The van der Waals surface area contributed by atoms with Crippen molar-refractivity contribution in [3.63, 3.8) is 0 Å². The van der Waals surface area contributed by atoms with Crippen molar-refractivity contribution >= 4 is 62.7 Å². The summed E-state index contributed by atoms with van der Waals surface area (Å²) in [5.74, 6) is -0.0653. The Hall–Kier alpha value is -2.81. The maximum Gasteiger partial charge on any atom is 0.266 e. The SMILES string of the molecule is Cc1ccc(Cc2cnc(NC(=O)CCCCCN3C(=O)/C(=C/c4ccccc4)SC3=S)s2)cc1. The lowest BCUT2D eigenvalue weighted by atomic mass is 10.1. The Morgan fingerprint density at radius 1 is 1.09 bits per heavy atom. The lowest BCUT2D eigenvalue weighted by Crippen LogP contribution is -2.29. The van der Waals surface area contributed by atoms with Crippen LogP contribution < -0.4 is 5.32 Å². The Morgan fingerprint density at radius 3 is 2.63 bits per heavy atom. The van der Waals surface area contributed by atoms with E-state index in [-0.39, 0.29) is 11.8 Å². The Morgan fingerprint density at radius 2 is 1.86 bits per heavy atom. The maximum atomic E-state index is 12.7. The summed E-state index contributed by atoms with van der Waals surface area (Å²) in [7, 11) is 0. The van der Waals surface area contributed by atoms with Crippen LogP contribution in [0.15, 0.2) is 65.7 Å². The van der Waals surface area contributed by atoms with Crippen LogP contribution in [0.1, 0.15) is 47.3 Å². The van der Waals surface area contributed by atoms with E-state index in [4.69, 9.17) is 12.2 Å². The lowest BCUT2D eigenvalue weighted by Gasteiger charge is -2.14. The zero-order valence-corrected chi connectivity index (χ0v) is 22.0. The van der Waals surface area contributed by atoms with Gasteiger partial charge in [-0.2, -0.15) is 0 Å². The van der Waals surface area contributed by atoms with Crippen molar-refractivity contribution in [2.75, 3.05) is 11.9 Å². The monoisotopic (exact) mass is 521 g/mol. The quantitative estimate of drug-likeness (QED) is 0.189. The summed E-state index contributed by atoms with van der Waals surface area (Å²) in [6.07, 6.45) is 7.35. The van der Waals surface area contributed by atoms with Crippen LogP contribution in [-0.2, 0) is 16.0 Å². The lowest BCUT2D eigenvalue weighted by molar-refractivity contribution is -0.122. The highest BCUT2D eigenvalue weighted by Crippen LogP contribution is 2.32. The molecule has 0 radical (unpaired) electrons. The Kier molecular flexibility index (Phi) is 8.84. The molecule has 8 heteroatoms. The molecule has 0 aliphatic carbocycles. The number of hydrogen-bond acceptors (Lipinski definition) is 6. The van der Waals surface area contributed by atoms with E-state index in [1.807, 2.05) is 42.6 Å². The van der Waals surface area contributed by atoms with Gasteiger partial charge in [0.1, 0.15) is 4.32 Å². The van der Waals surface area contributed by atoms with Crippen molar-refractivity contribution in [3.05, 3.63) is 87.3 Å². The first-order valence-corrected chi connectivity index (χ1v) is 13.6. The van der Waals surface area contributed by atoms with Gasteiger partial charge in [0, 0.05) is 30.5 Å². The normalized spacial score (nSPS) is 14.7. The zero-order chi connectivity index (χ0) is 24.6. The molecular weight excluding hydrogens is 495 g/mol. The van der Waals surface area contributed by atoms with Crippen LogP contribution in [0.3, 0.4) is 0 Å². The van der Waals surface area contributed by atoms with E-state index in [1.54, 1.807) is 4.90 Å². The van der Waals surface area contributed by atoms with E-state index in [0.29, 0.717) is 27.3 Å². The Labute approximate surface area is 219 Å². The van der Waals surface area contributed by atoms with Crippen LogP contribution >= 0.6 is 35.3 Å². The zero-order valence-electron chi connectivity index (χ0n) is 19.5. The Bertz CT molecular complexity index is 1220. The fraction of sp³-hybridized carbons (Fsp3) is 0.259. The van der Waals surface area contributed by atoms with Crippen LogP contribution in [-0.4, -0.2) is 32.6 Å². The number of nitrogens with one attached hydrogen (secondary N) is 1. The van der Waals surface area contributed by atoms with Gasteiger partial charge in [-0.25, -0.2) is 4.98 Å². The van der Waals surface area contributed by atoms with Crippen molar-refractivity contribution in [2.24, 2.45) is 0 Å². The molecule has 1 aliphatic heterocycles. The van der Waals surface area contributed by atoms with Gasteiger partial charge in [-0.05, 0) is 37.0 Å². The van der Waals surface area contributed by atoms with Crippen molar-refractivity contribution in [3.8, 4) is 0 Å². The number of thiocarbonyl (C=S) groups is 1. The highest BCUT2D eigenvalue weighted by atomic mass is 32.2. The number of aryl methyl sites for hydroxylation is 1. The number of anilines is 1. The van der Waals surface area contributed by atoms with E-state index >= 15 is 0 Å². The number of hydrogen-bond donors (Lipinski definition) is 1. The van der Waals surface area contributed by atoms with Crippen molar-refractivity contribution < 1.29 is 9.59 Å². The number of unbranched alkanes of at least 4 members (excludes halogenated alkanes) is 2. The molecule has 5 nitrogen and oxygen atoms in total. The molecule has 1 aliphatic rings. The topological polar surface area (TPSA) is 62.3 Å². The molecule has 3 aromatic rings. The van der Waals surface area contributed by atoms with Crippen LogP contribution in [0.4, 0.5) is 5.13 Å². The first kappa shape index (κ1) is 25.3. The smallest absolute Gasteiger partial charge is 0.266 e. The molecule has 0 spiro atoms. The molecule has 0 saturated carbocycles. The largest absolute Gasteiger partial charge is 0.302 e. The number of benzene rings is 2. The average Bonchev–Trinajstić information content (AvgIpc) is 3.39. The summed E-state index contributed by atoms with van der Waals surface area (Å²) in [6.45, 7) is 2.65. The van der Waals surface area contributed by atoms with Gasteiger partial charge in [0.15, 0.2) is 5.13 Å². The van der Waals surface area contributed by atoms with E-state index in [2.05, 4.69) is 41.5 Å². The molecular formula is C27H27N3O2S3. The minimum Gasteiger partial charge on any atom is -0.302 e. The van der Waals surface area contributed by atoms with Crippen LogP contribution in [0.5, 0.6) is 0 Å². The predicted octanol–water partition coefficient (Wildman–Crippen LogP) is 6.44. The third-order valence-electron chi connectivity index (χ3n) is 5.56. The highest BCUT2D eigenvalue weighted by Gasteiger charge is 2.31. The molecule has 1 N–H and O–H groups in total. The minimum atomic E-state index is -0.0354. The number of amides is 2. The molecule has 1 aromatic heterocycles. The van der Waals surface area contributed by atoms with Gasteiger partial charge in [0.05, 0.1) is 4.91 Å². The molecule has 0 atom stereocenters. The predicted molar refractivity (Wildman–Crippen MR) is 150 cm³/mol. The second kappa shape index (κ2) is 12.2.